The summed E-state index contributed by atoms with van der Waals surface area (Å²) in [6, 6.07) is 26.6. The number of alkyl halides is 3. The third-order valence-electron chi connectivity index (χ3n) is 7.27. The van der Waals surface area contributed by atoms with E-state index < -0.39 is 22.3 Å². The lowest BCUT2D eigenvalue weighted by Crippen LogP contribution is -2.42. The number of amides is 1. The molecule has 1 aliphatic rings. The minimum absolute atomic E-state index is 0.0401. The summed E-state index contributed by atoms with van der Waals surface area (Å²) < 4.78 is 75.1. The third kappa shape index (κ3) is 7.97. The lowest BCUT2D eigenvalue weighted by molar-refractivity contribution is -0.274. The molecule has 1 N–H and O–H groups in total. The number of rotatable bonds is 9. The number of hydrogen-bond acceptors (Lipinski definition) is 5. The Labute approximate surface area is 254 Å². The van der Waals surface area contributed by atoms with Crippen LogP contribution in [0.5, 0.6) is 11.5 Å². The van der Waals surface area contributed by atoms with Crippen LogP contribution in [-0.4, -0.2) is 44.2 Å². The summed E-state index contributed by atoms with van der Waals surface area (Å²) in [6.07, 6.45) is -3.92. The van der Waals surface area contributed by atoms with Crippen LogP contribution in [0.15, 0.2) is 97.1 Å². The zero-order chi connectivity index (χ0) is 31.3. The van der Waals surface area contributed by atoms with Crippen molar-refractivity contribution >= 4 is 21.6 Å². The highest BCUT2D eigenvalue weighted by molar-refractivity contribution is 7.88. The van der Waals surface area contributed by atoms with Crippen molar-refractivity contribution in [1.82, 2.24) is 4.31 Å². The lowest BCUT2D eigenvalue weighted by Gasteiger charge is -2.31. The molecule has 4 aromatic carbocycles. The van der Waals surface area contributed by atoms with Crippen LogP contribution in [0.3, 0.4) is 0 Å². The summed E-state index contributed by atoms with van der Waals surface area (Å²) in [5.41, 5.74) is 3.52. The summed E-state index contributed by atoms with van der Waals surface area (Å²) in [7, 11) is -3.44. The fraction of sp³-hybridized carbons (Fsp3) is 0.242. The summed E-state index contributed by atoms with van der Waals surface area (Å²) in [4.78, 5) is 13.4. The molecule has 0 radical (unpaired) electrons. The van der Waals surface area contributed by atoms with Crippen LogP contribution >= 0.6 is 0 Å². The number of nitrogens with one attached hydrogen (secondary N) is 1. The maximum absolute atomic E-state index is 13.4. The van der Waals surface area contributed by atoms with Crippen molar-refractivity contribution < 1.29 is 35.9 Å². The normalized spacial score (nSPS) is 14.6. The monoisotopic (exact) mass is 624 g/mol. The number of hydrogen-bond donors (Lipinski definition) is 1. The highest BCUT2D eigenvalue weighted by atomic mass is 32.2. The Balaban J connectivity index is 1.22. The van der Waals surface area contributed by atoms with Crippen molar-refractivity contribution in [1.29, 1.82) is 0 Å². The number of nitrogens with zero attached hydrogens (tertiary/aromatic N) is 1. The third-order valence-corrected chi connectivity index (χ3v) is 9.12. The zero-order valence-electron chi connectivity index (χ0n) is 23.9. The lowest BCUT2D eigenvalue weighted by atomic mass is 9.94. The van der Waals surface area contributed by atoms with E-state index in [1.54, 1.807) is 48.5 Å². The molecule has 0 atom stereocenters. The van der Waals surface area contributed by atoms with Crippen molar-refractivity contribution in [3.05, 3.63) is 114 Å². The maximum Gasteiger partial charge on any atom is 0.573 e. The molecule has 1 amide bonds. The Morgan fingerprint density at radius 1 is 0.886 bits per heavy atom. The van der Waals surface area contributed by atoms with Gasteiger partial charge in [-0.25, -0.2) is 12.7 Å². The summed E-state index contributed by atoms with van der Waals surface area (Å²) in [5.74, 6) is -0.245. The van der Waals surface area contributed by atoms with Gasteiger partial charge in [-0.2, -0.15) is 0 Å². The molecule has 7 nitrogen and oxygen atoms in total. The second kappa shape index (κ2) is 13.1. The van der Waals surface area contributed by atoms with Crippen molar-refractivity contribution in [3.8, 4) is 22.6 Å². The fourth-order valence-electron chi connectivity index (χ4n) is 5.21. The van der Waals surface area contributed by atoms with Crippen LogP contribution in [0.25, 0.3) is 11.1 Å². The molecule has 1 heterocycles. The molecule has 1 aliphatic heterocycles. The number of benzene rings is 4. The Morgan fingerprint density at radius 2 is 1.57 bits per heavy atom. The van der Waals surface area contributed by atoms with Gasteiger partial charge in [-0.05, 0) is 72.4 Å². The number of aryl methyl sites for hydroxylation is 1. The second-order valence-electron chi connectivity index (χ2n) is 10.5. The van der Waals surface area contributed by atoms with E-state index in [2.05, 4.69) is 10.1 Å². The SMILES string of the molecule is Cc1cccc(C(=O)Nc2cccc(OC3CCN(S(=O)(=O)Cc4ccccc4)CC3)c2)c1-c1ccc(OC(F)(F)F)cc1. The van der Waals surface area contributed by atoms with Crippen molar-refractivity contribution in [2.75, 3.05) is 18.4 Å². The first-order valence-corrected chi connectivity index (χ1v) is 15.6. The topological polar surface area (TPSA) is 84.9 Å². The van der Waals surface area contributed by atoms with Crippen LogP contribution < -0.4 is 14.8 Å². The molecular weight excluding hydrogens is 593 g/mol. The van der Waals surface area contributed by atoms with Gasteiger partial charge in [0.1, 0.15) is 17.6 Å². The van der Waals surface area contributed by atoms with Crippen LogP contribution in [0.4, 0.5) is 18.9 Å². The summed E-state index contributed by atoms with van der Waals surface area (Å²) in [5, 5.41) is 2.89. The van der Waals surface area contributed by atoms with E-state index in [4.69, 9.17) is 4.74 Å². The Bertz CT molecular complexity index is 1700. The molecule has 0 bridgehead atoms. The number of anilines is 1. The van der Waals surface area contributed by atoms with Gasteiger partial charge in [0, 0.05) is 30.4 Å². The van der Waals surface area contributed by atoms with E-state index in [-0.39, 0.29) is 17.6 Å². The Kier molecular flexibility index (Phi) is 9.26. The van der Waals surface area contributed by atoms with Gasteiger partial charge < -0.3 is 14.8 Å². The molecule has 1 fully saturated rings. The number of carbonyl (C=O) groups excluding carboxylic acids is 1. The molecule has 0 unspecified atom stereocenters. The van der Waals surface area contributed by atoms with E-state index in [1.165, 1.54) is 28.6 Å². The van der Waals surface area contributed by atoms with E-state index >= 15 is 0 Å². The molecule has 11 heteroatoms. The number of ether oxygens (including phenoxy) is 2. The highest BCUT2D eigenvalue weighted by Gasteiger charge is 2.31. The van der Waals surface area contributed by atoms with Crippen LogP contribution in [0, 0.1) is 6.92 Å². The standard InChI is InChI=1S/C33H31F3N2O5S/c1-23-7-5-12-30(31(23)25-13-15-28(16-14-25)43-33(34,35)36)32(39)37-26-10-6-11-29(21-26)42-27-17-19-38(20-18-27)44(40,41)22-24-8-3-2-4-9-24/h2-16,21,27H,17-20,22H2,1H3,(H,37,39). The molecule has 4 aromatic rings. The van der Waals surface area contributed by atoms with Crippen molar-refractivity contribution in [2.45, 2.75) is 38.0 Å². The van der Waals surface area contributed by atoms with E-state index in [9.17, 15) is 26.4 Å². The molecule has 0 saturated carbocycles. The number of sulfonamides is 1. The first-order chi connectivity index (χ1) is 21.0. The molecule has 230 valence electrons. The predicted octanol–water partition coefficient (Wildman–Crippen LogP) is 7.19. The molecule has 0 aliphatic carbocycles. The van der Waals surface area contributed by atoms with Gasteiger partial charge in [-0.3, -0.25) is 4.79 Å². The minimum atomic E-state index is -4.80. The predicted molar refractivity (Wildman–Crippen MR) is 162 cm³/mol. The Morgan fingerprint density at radius 3 is 2.25 bits per heavy atom. The number of halogens is 3. The zero-order valence-corrected chi connectivity index (χ0v) is 24.7. The van der Waals surface area contributed by atoms with E-state index in [0.29, 0.717) is 54.1 Å². The molecule has 44 heavy (non-hydrogen) atoms. The average molecular weight is 625 g/mol. The van der Waals surface area contributed by atoms with Gasteiger partial charge in [0.15, 0.2) is 0 Å². The van der Waals surface area contributed by atoms with Gasteiger partial charge >= 0.3 is 6.36 Å². The minimum Gasteiger partial charge on any atom is -0.490 e. The molecule has 5 rings (SSSR count). The Hall–Kier alpha value is -4.35. The molecule has 0 aromatic heterocycles. The average Bonchev–Trinajstić information content (AvgIpc) is 2.97. The van der Waals surface area contributed by atoms with Crippen LogP contribution in [0.2, 0.25) is 0 Å². The highest BCUT2D eigenvalue weighted by Crippen LogP contribution is 2.32. The summed E-state index contributed by atoms with van der Waals surface area (Å²) >= 11 is 0. The molecular formula is C33H31F3N2O5S. The molecule has 0 spiro atoms. The van der Waals surface area contributed by atoms with Gasteiger partial charge in [0.2, 0.25) is 10.0 Å². The smallest absolute Gasteiger partial charge is 0.490 e. The largest absolute Gasteiger partial charge is 0.573 e. The second-order valence-corrected chi connectivity index (χ2v) is 12.5. The quantitative estimate of drug-likeness (QED) is 0.213. The van der Waals surface area contributed by atoms with Crippen molar-refractivity contribution in [2.24, 2.45) is 0 Å². The number of carbonyl (C=O) groups is 1. The fourth-order valence-corrected chi connectivity index (χ4v) is 6.77. The van der Waals surface area contributed by atoms with Crippen LogP contribution in [-0.2, 0) is 15.8 Å². The first-order valence-electron chi connectivity index (χ1n) is 14.0. The van der Waals surface area contributed by atoms with E-state index in [1.807, 2.05) is 31.2 Å². The van der Waals surface area contributed by atoms with Crippen LogP contribution in [0.1, 0.15) is 34.3 Å². The van der Waals surface area contributed by atoms with E-state index in [0.717, 1.165) is 11.1 Å². The van der Waals surface area contributed by atoms with Gasteiger partial charge in [0.25, 0.3) is 5.91 Å². The summed E-state index contributed by atoms with van der Waals surface area (Å²) in [6.45, 7) is 2.53. The van der Waals surface area contributed by atoms with Gasteiger partial charge in [0.05, 0.1) is 5.75 Å². The van der Waals surface area contributed by atoms with Gasteiger partial charge in [-0.1, -0.05) is 60.7 Å². The maximum atomic E-state index is 13.4. The number of piperidine rings is 1. The molecule has 1 saturated heterocycles. The van der Waals surface area contributed by atoms with Crippen molar-refractivity contribution in [3.63, 3.8) is 0 Å². The first kappa shape index (κ1) is 31.1. The van der Waals surface area contributed by atoms with Gasteiger partial charge in [-0.15, -0.1) is 13.2 Å².